The van der Waals surface area contributed by atoms with Crippen LogP contribution in [0.5, 0.6) is 0 Å². The zero-order valence-corrected chi connectivity index (χ0v) is 7.68. The molecule has 0 aromatic heterocycles. The molecular formula is C10H15NO2. The fraction of sp³-hybridized carbons (Fsp3) is 0.900. The second-order valence-electron chi connectivity index (χ2n) is 5.07. The standard InChI is InChI=1S/C10H15NO2/c12-8(13)7-4-10(6-11-7)5-9(10)2-1-3-9/h7,11H,1-6H2,(H,12,13)/t7-,10-/m0/s1. The van der Waals surface area contributed by atoms with Crippen LogP contribution in [-0.2, 0) is 4.79 Å². The summed E-state index contributed by atoms with van der Waals surface area (Å²) in [6, 6.07) is -0.264. The van der Waals surface area contributed by atoms with Gasteiger partial charge in [0.15, 0.2) is 0 Å². The van der Waals surface area contributed by atoms with Crippen LogP contribution in [0, 0.1) is 10.8 Å². The highest BCUT2D eigenvalue weighted by Crippen LogP contribution is 2.76. The van der Waals surface area contributed by atoms with Gasteiger partial charge in [-0.2, -0.15) is 0 Å². The summed E-state index contributed by atoms with van der Waals surface area (Å²) in [5.41, 5.74) is 0.985. The second-order valence-corrected chi connectivity index (χ2v) is 5.07. The normalized spacial score (nSPS) is 45.1. The number of hydrogen-bond acceptors (Lipinski definition) is 2. The fourth-order valence-electron chi connectivity index (χ4n) is 3.48. The molecule has 13 heavy (non-hydrogen) atoms. The van der Waals surface area contributed by atoms with Crippen molar-refractivity contribution >= 4 is 5.97 Å². The Morgan fingerprint density at radius 1 is 1.38 bits per heavy atom. The molecule has 2 saturated carbocycles. The number of nitrogens with one attached hydrogen (secondary N) is 1. The van der Waals surface area contributed by atoms with Gasteiger partial charge in [-0.1, -0.05) is 6.42 Å². The molecule has 3 heteroatoms. The first-order valence-electron chi connectivity index (χ1n) is 5.14. The third-order valence-electron chi connectivity index (χ3n) is 4.57. The highest BCUT2D eigenvalue weighted by molar-refractivity contribution is 5.74. The Kier molecular flexibility index (Phi) is 1.25. The van der Waals surface area contributed by atoms with Gasteiger partial charge in [-0.25, -0.2) is 0 Å². The van der Waals surface area contributed by atoms with Gasteiger partial charge in [0.25, 0.3) is 0 Å². The largest absolute Gasteiger partial charge is 0.480 e. The van der Waals surface area contributed by atoms with Gasteiger partial charge in [-0.05, 0) is 36.5 Å². The molecule has 2 aliphatic carbocycles. The monoisotopic (exact) mass is 181 g/mol. The number of carboxylic acids is 1. The summed E-state index contributed by atoms with van der Waals surface area (Å²) >= 11 is 0. The molecule has 2 N–H and O–H groups in total. The first-order chi connectivity index (χ1) is 6.18. The molecule has 3 rings (SSSR count). The van der Waals surface area contributed by atoms with Crippen molar-refractivity contribution in [1.82, 2.24) is 5.32 Å². The van der Waals surface area contributed by atoms with Crippen molar-refractivity contribution < 1.29 is 9.90 Å². The Bertz CT molecular complexity index is 272. The van der Waals surface area contributed by atoms with Crippen molar-refractivity contribution in [1.29, 1.82) is 0 Å². The van der Waals surface area contributed by atoms with E-state index in [0.717, 1.165) is 13.0 Å². The number of fused-ring (bicyclic) bond motifs is 1. The van der Waals surface area contributed by atoms with Crippen LogP contribution in [-0.4, -0.2) is 23.7 Å². The topological polar surface area (TPSA) is 49.3 Å². The van der Waals surface area contributed by atoms with Crippen molar-refractivity contribution in [3.63, 3.8) is 0 Å². The molecule has 2 atom stereocenters. The molecule has 3 aliphatic rings. The maximum Gasteiger partial charge on any atom is 0.320 e. The summed E-state index contributed by atoms with van der Waals surface area (Å²) in [5.74, 6) is -0.668. The van der Waals surface area contributed by atoms with Crippen molar-refractivity contribution in [3.05, 3.63) is 0 Å². The van der Waals surface area contributed by atoms with Crippen molar-refractivity contribution in [2.45, 2.75) is 38.1 Å². The molecule has 3 fully saturated rings. The van der Waals surface area contributed by atoms with E-state index >= 15 is 0 Å². The predicted octanol–water partition coefficient (Wildman–Crippen LogP) is 0.993. The summed E-state index contributed by atoms with van der Waals surface area (Å²) in [6.07, 6.45) is 6.22. The van der Waals surface area contributed by atoms with E-state index in [0.29, 0.717) is 10.8 Å². The molecule has 1 heterocycles. The first kappa shape index (κ1) is 7.80. The van der Waals surface area contributed by atoms with Crippen LogP contribution in [0.25, 0.3) is 0 Å². The molecule has 0 radical (unpaired) electrons. The van der Waals surface area contributed by atoms with Crippen LogP contribution in [0.1, 0.15) is 32.1 Å². The average molecular weight is 181 g/mol. The highest BCUT2D eigenvalue weighted by atomic mass is 16.4. The van der Waals surface area contributed by atoms with Gasteiger partial charge in [0.2, 0.25) is 0 Å². The van der Waals surface area contributed by atoms with Crippen molar-refractivity contribution in [2.24, 2.45) is 10.8 Å². The van der Waals surface area contributed by atoms with Gasteiger partial charge in [0.1, 0.15) is 6.04 Å². The number of carboxylic acid groups (broad SMARTS) is 1. The van der Waals surface area contributed by atoms with E-state index in [1.807, 2.05) is 0 Å². The lowest BCUT2D eigenvalue weighted by atomic mass is 9.74. The van der Waals surface area contributed by atoms with Gasteiger partial charge in [-0.3, -0.25) is 4.79 Å². The summed E-state index contributed by atoms with van der Waals surface area (Å²) in [5, 5.41) is 12.0. The fourth-order valence-corrected chi connectivity index (χ4v) is 3.48. The van der Waals surface area contributed by atoms with Crippen molar-refractivity contribution in [2.75, 3.05) is 6.54 Å². The average Bonchev–Trinajstić information content (AvgIpc) is 2.44. The smallest absolute Gasteiger partial charge is 0.320 e. The molecule has 0 aromatic rings. The van der Waals surface area contributed by atoms with E-state index in [9.17, 15) is 4.79 Å². The van der Waals surface area contributed by atoms with Crippen LogP contribution in [0.2, 0.25) is 0 Å². The van der Waals surface area contributed by atoms with E-state index in [1.165, 1.54) is 25.7 Å². The quantitative estimate of drug-likeness (QED) is 0.634. The highest BCUT2D eigenvalue weighted by Gasteiger charge is 2.71. The molecule has 3 nitrogen and oxygen atoms in total. The molecule has 0 amide bonds. The Balaban J connectivity index is 1.73. The Hall–Kier alpha value is -0.570. The minimum absolute atomic E-state index is 0.264. The zero-order valence-electron chi connectivity index (χ0n) is 7.68. The summed E-state index contributed by atoms with van der Waals surface area (Å²) in [6.45, 7) is 0.948. The van der Waals surface area contributed by atoms with Gasteiger partial charge in [0.05, 0.1) is 0 Å². The summed E-state index contributed by atoms with van der Waals surface area (Å²) in [7, 11) is 0. The number of rotatable bonds is 1. The number of hydrogen-bond donors (Lipinski definition) is 2. The molecule has 2 spiro atoms. The molecular weight excluding hydrogens is 166 g/mol. The van der Waals surface area contributed by atoms with Crippen LogP contribution < -0.4 is 5.32 Å². The minimum Gasteiger partial charge on any atom is -0.480 e. The molecule has 0 unspecified atom stereocenters. The van der Waals surface area contributed by atoms with E-state index in [1.54, 1.807) is 0 Å². The second kappa shape index (κ2) is 2.08. The first-order valence-corrected chi connectivity index (χ1v) is 5.14. The van der Waals surface area contributed by atoms with Crippen LogP contribution in [0.3, 0.4) is 0 Å². The van der Waals surface area contributed by atoms with Gasteiger partial charge >= 0.3 is 5.97 Å². The number of aliphatic carboxylic acids is 1. The Labute approximate surface area is 77.5 Å². The maximum absolute atomic E-state index is 10.8. The third kappa shape index (κ3) is 0.810. The van der Waals surface area contributed by atoms with E-state index in [4.69, 9.17) is 5.11 Å². The Morgan fingerprint density at radius 2 is 2.15 bits per heavy atom. The molecule has 1 aliphatic heterocycles. The lowest BCUT2D eigenvalue weighted by Gasteiger charge is -2.30. The summed E-state index contributed by atoms with van der Waals surface area (Å²) in [4.78, 5) is 10.8. The van der Waals surface area contributed by atoms with Crippen LogP contribution in [0.15, 0.2) is 0 Å². The van der Waals surface area contributed by atoms with Crippen LogP contribution >= 0.6 is 0 Å². The third-order valence-corrected chi connectivity index (χ3v) is 4.57. The van der Waals surface area contributed by atoms with Gasteiger partial charge in [0, 0.05) is 6.54 Å². The SMILES string of the molecule is O=C(O)[C@@H]1C[C@@]2(CN1)CC21CCC1. The van der Waals surface area contributed by atoms with E-state index in [2.05, 4.69) is 5.32 Å². The van der Waals surface area contributed by atoms with Crippen LogP contribution in [0.4, 0.5) is 0 Å². The molecule has 72 valence electrons. The lowest BCUT2D eigenvalue weighted by molar-refractivity contribution is -0.139. The zero-order chi connectivity index (χ0) is 9.10. The van der Waals surface area contributed by atoms with E-state index < -0.39 is 5.97 Å². The van der Waals surface area contributed by atoms with Crippen molar-refractivity contribution in [3.8, 4) is 0 Å². The minimum atomic E-state index is -0.668. The number of carbonyl (C=O) groups is 1. The molecule has 0 bridgehead atoms. The molecule has 1 saturated heterocycles. The summed E-state index contributed by atoms with van der Waals surface area (Å²) < 4.78 is 0. The predicted molar refractivity (Wildman–Crippen MR) is 47.4 cm³/mol. The van der Waals surface area contributed by atoms with E-state index in [-0.39, 0.29) is 6.04 Å². The van der Waals surface area contributed by atoms with Gasteiger partial charge < -0.3 is 10.4 Å². The maximum atomic E-state index is 10.8. The Morgan fingerprint density at radius 3 is 2.54 bits per heavy atom. The molecule has 0 aromatic carbocycles. The van der Waals surface area contributed by atoms with Gasteiger partial charge in [-0.15, -0.1) is 0 Å². The lowest BCUT2D eigenvalue weighted by Crippen LogP contribution is -2.30.